The van der Waals surface area contributed by atoms with Gasteiger partial charge in [0, 0.05) is 44.4 Å². The zero-order chi connectivity index (χ0) is 15.8. The van der Waals surface area contributed by atoms with E-state index < -0.39 is 0 Å². The Bertz CT molecular complexity index is 723. The average molecular weight is 312 g/mol. The maximum atomic E-state index is 11.1. The van der Waals surface area contributed by atoms with Gasteiger partial charge in [0.25, 0.3) is 0 Å². The molecule has 1 aliphatic heterocycles. The van der Waals surface area contributed by atoms with Crippen molar-refractivity contribution >= 4 is 17.5 Å². The molecule has 1 saturated carbocycles. The first-order chi connectivity index (χ1) is 11.2. The topological polar surface area (TPSA) is 75.9 Å². The molecule has 2 aromatic rings. The molecule has 1 atom stereocenters. The molecule has 23 heavy (non-hydrogen) atoms. The minimum atomic E-state index is -0.100. The van der Waals surface area contributed by atoms with Crippen molar-refractivity contribution in [1.29, 1.82) is 0 Å². The first-order valence-electron chi connectivity index (χ1n) is 8.09. The standard InChI is InChI=1S/C16H20N6O/c1-11(23)18-14-6-9-22(20-14)13-5-8-21(10-13)15-4-7-17-16(19-15)12-2-3-12/h4,6-7,9,12-13H,2-3,5,8,10H2,1H3,(H,18,20,23)/t13-/m1/s1. The number of amides is 1. The van der Waals surface area contributed by atoms with Gasteiger partial charge in [0.05, 0.1) is 6.04 Å². The molecular weight excluding hydrogens is 292 g/mol. The first-order valence-corrected chi connectivity index (χ1v) is 8.09. The Morgan fingerprint density at radius 3 is 2.96 bits per heavy atom. The molecule has 0 unspecified atom stereocenters. The lowest BCUT2D eigenvalue weighted by Gasteiger charge is -2.18. The summed E-state index contributed by atoms with van der Waals surface area (Å²) in [5.41, 5.74) is 0. The quantitative estimate of drug-likeness (QED) is 0.934. The molecule has 7 nitrogen and oxygen atoms in total. The largest absolute Gasteiger partial charge is 0.354 e. The zero-order valence-corrected chi connectivity index (χ0v) is 13.1. The Kier molecular flexibility index (Phi) is 3.48. The third-order valence-corrected chi connectivity index (χ3v) is 4.38. The van der Waals surface area contributed by atoms with Crippen LogP contribution in [0.25, 0.3) is 0 Å². The number of carbonyl (C=O) groups is 1. The van der Waals surface area contributed by atoms with E-state index in [0.29, 0.717) is 17.8 Å². The Morgan fingerprint density at radius 1 is 1.30 bits per heavy atom. The molecule has 0 aromatic carbocycles. The van der Waals surface area contributed by atoms with Gasteiger partial charge in [0.1, 0.15) is 11.6 Å². The summed E-state index contributed by atoms with van der Waals surface area (Å²) in [6.45, 7) is 3.33. The second-order valence-corrected chi connectivity index (χ2v) is 6.30. The Morgan fingerprint density at radius 2 is 2.17 bits per heavy atom. The summed E-state index contributed by atoms with van der Waals surface area (Å²) in [4.78, 5) is 22.5. The van der Waals surface area contributed by atoms with Gasteiger partial charge in [-0.05, 0) is 25.3 Å². The Hall–Kier alpha value is -2.44. The lowest BCUT2D eigenvalue weighted by molar-refractivity contribution is -0.114. The summed E-state index contributed by atoms with van der Waals surface area (Å²) in [5, 5.41) is 7.15. The van der Waals surface area contributed by atoms with Gasteiger partial charge in [-0.25, -0.2) is 9.97 Å². The predicted octanol–water partition coefficient (Wildman–Crippen LogP) is 1.96. The number of nitrogens with zero attached hydrogens (tertiary/aromatic N) is 5. The summed E-state index contributed by atoms with van der Waals surface area (Å²) in [5.74, 6) is 3.07. The van der Waals surface area contributed by atoms with Gasteiger partial charge in [0.15, 0.2) is 5.82 Å². The van der Waals surface area contributed by atoms with Gasteiger partial charge >= 0.3 is 0 Å². The van der Waals surface area contributed by atoms with E-state index in [1.165, 1.54) is 19.8 Å². The van der Waals surface area contributed by atoms with Crippen LogP contribution in [-0.4, -0.2) is 38.7 Å². The van der Waals surface area contributed by atoms with Gasteiger partial charge < -0.3 is 10.2 Å². The SMILES string of the molecule is CC(=O)Nc1ccn([C@@H]2CCN(c3ccnc(C4CC4)n3)C2)n1. The predicted molar refractivity (Wildman–Crippen MR) is 86.4 cm³/mol. The monoisotopic (exact) mass is 312 g/mol. The van der Waals surface area contributed by atoms with Crippen LogP contribution in [0.4, 0.5) is 11.6 Å². The molecule has 120 valence electrons. The fourth-order valence-electron chi connectivity index (χ4n) is 3.03. The van der Waals surface area contributed by atoms with Crippen LogP contribution in [-0.2, 0) is 4.79 Å². The van der Waals surface area contributed by atoms with E-state index in [2.05, 4.69) is 20.3 Å². The molecule has 2 aliphatic rings. The molecule has 0 spiro atoms. The second kappa shape index (κ2) is 5.64. The maximum Gasteiger partial charge on any atom is 0.222 e. The molecule has 3 heterocycles. The van der Waals surface area contributed by atoms with Gasteiger partial charge in [-0.15, -0.1) is 0 Å². The molecule has 1 N–H and O–H groups in total. The fraction of sp³-hybridized carbons (Fsp3) is 0.500. The molecule has 2 aromatic heterocycles. The van der Waals surface area contributed by atoms with E-state index in [9.17, 15) is 4.79 Å². The first kappa shape index (κ1) is 14.2. The van der Waals surface area contributed by atoms with Gasteiger partial charge in [-0.3, -0.25) is 9.48 Å². The summed E-state index contributed by atoms with van der Waals surface area (Å²) in [6, 6.07) is 4.12. The lowest BCUT2D eigenvalue weighted by atomic mass is 10.3. The Balaban J connectivity index is 1.45. The number of nitrogens with one attached hydrogen (secondary N) is 1. The van der Waals surface area contributed by atoms with Crippen LogP contribution in [0, 0.1) is 0 Å². The van der Waals surface area contributed by atoms with Gasteiger partial charge in [-0.1, -0.05) is 0 Å². The van der Waals surface area contributed by atoms with Gasteiger partial charge in [-0.2, -0.15) is 5.10 Å². The van der Waals surface area contributed by atoms with Crippen molar-refractivity contribution in [2.45, 2.75) is 38.1 Å². The van der Waals surface area contributed by atoms with Crippen molar-refractivity contribution in [2.75, 3.05) is 23.3 Å². The molecule has 0 bridgehead atoms. The van der Waals surface area contributed by atoms with Crippen molar-refractivity contribution < 1.29 is 4.79 Å². The zero-order valence-electron chi connectivity index (χ0n) is 13.1. The second-order valence-electron chi connectivity index (χ2n) is 6.30. The van der Waals surface area contributed by atoms with Crippen LogP contribution in [0.2, 0.25) is 0 Å². The number of rotatable bonds is 4. The number of carbonyl (C=O) groups excluding carboxylic acids is 1. The van der Waals surface area contributed by atoms with Crippen LogP contribution < -0.4 is 10.2 Å². The number of aromatic nitrogens is 4. The van der Waals surface area contributed by atoms with Crippen LogP contribution in [0.15, 0.2) is 24.5 Å². The summed E-state index contributed by atoms with van der Waals surface area (Å²) < 4.78 is 1.94. The molecule has 7 heteroatoms. The average Bonchev–Trinajstić information content (AvgIpc) is 3.09. The minimum absolute atomic E-state index is 0.100. The van der Waals surface area contributed by atoms with E-state index in [0.717, 1.165) is 31.2 Å². The van der Waals surface area contributed by atoms with Crippen LogP contribution in [0.1, 0.15) is 44.0 Å². The van der Waals surface area contributed by atoms with Crippen LogP contribution in [0.3, 0.4) is 0 Å². The molecule has 4 rings (SSSR count). The number of hydrogen-bond acceptors (Lipinski definition) is 5. The van der Waals surface area contributed by atoms with E-state index in [-0.39, 0.29) is 5.91 Å². The van der Waals surface area contributed by atoms with Crippen molar-refractivity contribution in [3.05, 3.63) is 30.4 Å². The normalized spacial score (nSPS) is 20.7. The molecular formula is C16H20N6O. The molecule has 2 fully saturated rings. The molecule has 1 saturated heterocycles. The smallest absolute Gasteiger partial charge is 0.222 e. The third-order valence-electron chi connectivity index (χ3n) is 4.38. The van der Waals surface area contributed by atoms with Gasteiger partial charge in [0.2, 0.25) is 5.91 Å². The van der Waals surface area contributed by atoms with Crippen LogP contribution in [0.5, 0.6) is 0 Å². The molecule has 0 radical (unpaired) electrons. The Labute approximate surface area is 134 Å². The maximum absolute atomic E-state index is 11.1. The van der Waals surface area contributed by atoms with E-state index in [4.69, 9.17) is 4.98 Å². The summed E-state index contributed by atoms with van der Waals surface area (Å²) in [7, 11) is 0. The molecule has 1 aliphatic carbocycles. The number of hydrogen-bond donors (Lipinski definition) is 1. The highest BCUT2D eigenvalue weighted by atomic mass is 16.1. The van der Waals surface area contributed by atoms with E-state index >= 15 is 0 Å². The third kappa shape index (κ3) is 3.04. The highest BCUT2D eigenvalue weighted by Crippen LogP contribution is 2.38. The van der Waals surface area contributed by atoms with Crippen molar-refractivity contribution in [3.63, 3.8) is 0 Å². The minimum Gasteiger partial charge on any atom is -0.354 e. The lowest BCUT2D eigenvalue weighted by Crippen LogP contribution is -2.22. The number of anilines is 2. The summed E-state index contributed by atoms with van der Waals surface area (Å²) in [6.07, 6.45) is 7.24. The highest BCUT2D eigenvalue weighted by molar-refractivity contribution is 5.87. The summed E-state index contributed by atoms with van der Waals surface area (Å²) >= 11 is 0. The van der Waals surface area contributed by atoms with Crippen molar-refractivity contribution in [3.8, 4) is 0 Å². The fourth-order valence-corrected chi connectivity index (χ4v) is 3.03. The van der Waals surface area contributed by atoms with Crippen molar-refractivity contribution in [1.82, 2.24) is 19.7 Å². The molecule has 1 amide bonds. The van der Waals surface area contributed by atoms with Crippen LogP contribution >= 0.6 is 0 Å². The highest BCUT2D eigenvalue weighted by Gasteiger charge is 2.29. The van der Waals surface area contributed by atoms with E-state index in [1.54, 1.807) is 0 Å². The van der Waals surface area contributed by atoms with E-state index in [1.807, 2.05) is 29.2 Å². The van der Waals surface area contributed by atoms with Crippen molar-refractivity contribution in [2.24, 2.45) is 0 Å².